The molecule has 0 spiro atoms. The summed E-state index contributed by atoms with van der Waals surface area (Å²) in [5.74, 6) is 1.70. The molecule has 0 aromatic heterocycles. The summed E-state index contributed by atoms with van der Waals surface area (Å²) >= 11 is 0. The third-order valence-corrected chi connectivity index (χ3v) is 4.27. The van der Waals surface area contributed by atoms with Crippen LogP contribution in [0.5, 0.6) is 0 Å². The maximum Gasteiger partial charge on any atom is 0.242 e. The Hall–Kier alpha value is -0.280. The van der Waals surface area contributed by atoms with Gasteiger partial charge in [0.2, 0.25) is 5.91 Å². The topological polar surface area (TPSA) is 46.3 Å². The maximum atomic E-state index is 12.3. The zero-order valence-corrected chi connectivity index (χ0v) is 11.8. The molecule has 2 aliphatic rings. The predicted octanol–water partition coefficient (Wildman–Crippen LogP) is 2.18. The second-order valence-corrected chi connectivity index (χ2v) is 5.83. The van der Waals surface area contributed by atoms with E-state index in [1.807, 2.05) is 11.8 Å². The Balaban J connectivity index is 0.00000144. The highest BCUT2D eigenvalue weighted by Gasteiger charge is 2.41. The molecule has 0 bridgehead atoms. The molecule has 1 aliphatic carbocycles. The van der Waals surface area contributed by atoms with Gasteiger partial charge in [-0.2, -0.15) is 0 Å². The van der Waals surface area contributed by atoms with E-state index in [0.29, 0.717) is 0 Å². The summed E-state index contributed by atoms with van der Waals surface area (Å²) in [7, 11) is 0. The van der Waals surface area contributed by atoms with E-state index in [0.717, 1.165) is 37.8 Å². The van der Waals surface area contributed by atoms with Crippen LogP contribution in [0.2, 0.25) is 0 Å². The summed E-state index contributed by atoms with van der Waals surface area (Å²) in [6.45, 7) is 5.88. The summed E-state index contributed by atoms with van der Waals surface area (Å²) in [5, 5.41) is 0. The molecule has 3 atom stereocenters. The van der Waals surface area contributed by atoms with Crippen LogP contribution in [-0.4, -0.2) is 29.4 Å². The lowest BCUT2D eigenvalue weighted by molar-refractivity contribution is -0.135. The minimum Gasteiger partial charge on any atom is -0.341 e. The van der Waals surface area contributed by atoms with Crippen LogP contribution in [0.1, 0.15) is 46.0 Å². The van der Waals surface area contributed by atoms with Crippen molar-refractivity contribution in [1.29, 1.82) is 0 Å². The van der Waals surface area contributed by atoms with Gasteiger partial charge in [0, 0.05) is 13.1 Å². The molecule has 2 N–H and O–H groups in total. The van der Waals surface area contributed by atoms with Crippen LogP contribution in [0.4, 0.5) is 0 Å². The van der Waals surface area contributed by atoms with Crippen molar-refractivity contribution in [1.82, 2.24) is 4.90 Å². The summed E-state index contributed by atoms with van der Waals surface area (Å²) in [6, 6.07) is 0. The number of likely N-dealkylation sites (tertiary alicyclic amines) is 1. The number of nitrogens with two attached hydrogens (primary N) is 1. The standard InChI is InChI=1S/C13H24N2O.ClH/c1-3-7-13(2,14)12(16)15-8-10-5-4-6-11(10)9-15;/h10-11H,3-9,14H2,1-2H3;1H. The Morgan fingerprint density at radius 2 is 1.88 bits per heavy atom. The van der Waals surface area contributed by atoms with Crippen LogP contribution in [0.25, 0.3) is 0 Å². The average molecular weight is 261 g/mol. The summed E-state index contributed by atoms with van der Waals surface area (Å²) in [4.78, 5) is 14.3. The molecule has 0 aromatic carbocycles. The number of fused-ring (bicyclic) bond motifs is 1. The Morgan fingerprint density at radius 1 is 1.35 bits per heavy atom. The van der Waals surface area contributed by atoms with Crippen molar-refractivity contribution in [2.45, 2.75) is 51.5 Å². The fourth-order valence-electron chi connectivity index (χ4n) is 3.39. The van der Waals surface area contributed by atoms with Gasteiger partial charge in [-0.3, -0.25) is 4.79 Å². The normalized spacial score (nSPS) is 30.6. The van der Waals surface area contributed by atoms with Gasteiger partial charge >= 0.3 is 0 Å². The third-order valence-electron chi connectivity index (χ3n) is 4.27. The Bertz CT molecular complexity index is 269. The second kappa shape index (κ2) is 5.57. The van der Waals surface area contributed by atoms with Crippen molar-refractivity contribution in [2.75, 3.05) is 13.1 Å². The lowest BCUT2D eigenvalue weighted by Gasteiger charge is -2.29. The van der Waals surface area contributed by atoms with Gasteiger partial charge in [-0.15, -0.1) is 12.4 Å². The van der Waals surface area contributed by atoms with Crippen LogP contribution in [0.15, 0.2) is 0 Å². The van der Waals surface area contributed by atoms with Crippen LogP contribution in [-0.2, 0) is 4.79 Å². The first-order chi connectivity index (χ1) is 7.54. The summed E-state index contributed by atoms with van der Waals surface area (Å²) in [5.41, 5.74) is 5.46. The molecule has 3 unspecified atom stereocenters. The highest BCUT2D eigenvalue weighted by molar-refractivity contribution is 5.86. The van der Waals surface area contributed by atoms with Crippen LogP contribution in [0, 0.1) is 11.8 Å². The van der Waals surface area contributed by atoms with Crippen molar-refractivity contribution in [3.8, 4) is 0 Å². The number of carbonyl (C=O) groups is 1. The Morgan fingerprint density at radius 3 is 2.35 bits per heavy atom. The van der Waals surface area contributed by atoms with E-state index in [1.54, 1.807) is 0 Å². The molecule has 1 saturated heterocycles. The Kier molecular flexibility index (Phi) is 4.85. The highest BCUT2D eigenvalue weighted by Crippen LogP contribution is 2.38. The van der Waals surface area contributed by atoms with E-state index in [4.69, 9.17) is 5.73 Å². The number of hydrogen-bond donors (Lipinski definition) is 1. The molecule has 2 fully saturated rings. The molecule has 1 heterocycles. The number of hydrogen-bond acceptors (Lipinski definition) is 2. The summed E-state index contributed by atoms with van der Waals surface area (Å²) in [6.07, 6.45) is 5.73. The molecular formula is C13H25ClN2O. The average Bonchev–Trinajstić information content (AvgIpc) is 2.75. The first-order valence-electron chi connectivity index (χ1n) is 6.63. The fourth-order valence-corrected chi connectivity index (χ4v) is 3.39. The molecule has 3 nitrogen and oxygen atoms in total. The van der Waals surface area contributed by atoms with Crippen LogP contribution >= 0.6 is 12.4 Å². The minimum absolute atomic E-state index is 0. The number of carbonyl (C=O) groups excluding carboxylic acids is 1. The molecule has 0 radical (unpaired) electrons. The van der Waals surface area contributed by atoms with Gasteiger partial charge in [-0.25, -0.2) is 0 Å². The van der Waals surface area contributed by atoms with Gasteiger partial charge in [-0.1, -0.05) is 19.8 Å². The first kappa shape index (κ1) is 14.8. The number of halogens is 1. The molecule has 1 aliphatic heterocycles. The smallest absolute Gasteiger partial charge is 0.242 e. The van der Waals surface area contributed by atoms with Gasteiger partial charge < -0.3 is 10.6 Å². The number of rotatable bonds is 3. The van der Waals surface area contributed by atoms with E-state index in [1.165, 1.54) is 19.3 Å². The van der Waals surface area contributed by atoms with Crippen molar-refractivity contribution in [3.05, 3.63) is 0 Å². The van der Waals surface area contributed by atoms with Gasteiger partial charge in [0.1, 0.15) is 0 Å². The molecular weight excluding hydrogens is 236 g/mol. The lowest BCUT2D eigenvalue weighted by Crippen LogP contribution is -2.52. The largest absolute Gasteiger partial charge is 0.341 e. The quantitative estimate of drug-likeness (QED) is 0.846. The van der Waals surface area contributed by atoms with E-state index >= 15 is 0 Å². The van der Waals surface area contributed by atoms with Gasteiger partial charge in [0.05, 0.1) is 5.54 Å². The van der Waals surface area contributed by atoms with E-state index in [9.17, 15) is 4.79 Å². The molecule has 1 saturated carbocycles. The van der Waals surface area contributed by atoms with Gasteiger partial charge in [-0.05, 0) is 38.0 Å². The van der Waals surface area contributed by atoms with E-state index in [2.05, 4.69) is 6.92 Å². The molecule has 17 heavy (non-hydrogen) atoms. The Labute approximate surface area is 111 Å². The van der Waals surface area contributed by atoms with Crippen molar-refractivity contribution >= 4 is 18.3 Å². The minimum atomic E-state index is -0.645. The van der Waals surface area contributed by atoms with E-state index < -0.39 is 5.54 Å². The number of nitrogens with zero attached hydrogens (tertiary/aromatic N) is 1. The zero-order chi connectivity index (χ0) is 11.8. The third kappa shape index (κ3) is 2.94. The van der Waals surface area contributed by atoms with Crippen molar-refractivity contribution in [2.24, 2.45) is 17.6 Å². The SMILES string of the molecule is CCCC(C)(N)C(=O)N1CC2CCCC2C1.Cl. The zero-order valence-electron chi connectivity index (χ0n) is 10.9. The van der Waals surface area contributed by atoms with Crippen LogP contribution in [0.3, 0.4) is 0 Å². The predicted molar refractivity (Wildman–Crippen MR) is 72.2 cm³/mol. The van der Waals surface area contributed by atoms with E-state index in [-0.39, 0.29) is 18.3 Å². The second-order valence-electron chi connectivity index (χ2n) is 5.83. The van der Waals surface area contributed by atoms with Gasteiger partial charge in [0.25, 0.3) is 0 Å². The summed E-state index contributed by atoms with van der Waals surface area (Å²) < 4.78 is 0. The van der Waals surface area contributed by atoms with Crippen molar-refractivity contribution < 1.29 is 4.79 Å². The molecule has 100 valence electrons. The van der Waals surface area contributed by atoms with Gasteiger partial charge in [0.15, 0.2) is 0 Å². The fraction of sp³-hybridized carbons (Fsp3) is 0.923. The lowest BCUT2D eigenvalue weighted by atomic mass is 9.96. The first-order valence-corrected chi connectivity index (χ1v) is 6.63. The molecule has 4 heteroatoms. The highest BCUT2D eigenvalue weighted by atomic mass is 35.5. The molecule has 1 amide bonds. The maximum absolute atomic E-state index is 12.3. The molecule has 2 rings (SSSR count). The molecule has 0 aromatic rings. The van der Waals surface area contributed by atoms with Crippen LogP contribution < -0.4 is 5.73 Å². The van der Waals surface area contributed by atoms with Crippen molar-refractivity contribution in [3.63, 3.8) is 0 Å². The monoisotopic (exact) mass is 260 g/mol. The number of amides is 1.